The van der Waals surface area contributed by atoms with Gasteiger partial charge in [-0.25, -0.2) is 0 Å². The van der Waals surface area contributed by atoms with E-state index in [0.29, 0.717) is 6.04 Å². The van der Waals surface area contributed by atoms with Gasteiger partial charge in [-0.1, -0.05) is 25.1 Å². The number of aliphatic imine (C=N–C) groups is 1. The fourth-order valence-corrected chi connectivity index (χ4v) is 4.38. The van der Waals surface area contributed by atoms with Gasteiger partial charge in [-0.05, 0) is 76.7 Å². The van der Waals surface area contributed by atoms with E-state index in [1.165, 1.54) is 44.6 Å². The third-order valence-electron chi connectivity index (χ3n) is 6.26. The molecule has 2 aliphatic rings. The maximum Gasteiger partial charge on any atom is 0.191 e. The Kier molecular flexibility index (Phi) is 11.1. The van der Waals surface area contributed by atoms with Gasteiger partial charge in [-0.15, -0.1) is 24.0 Å². The van der Waals surface area contributed by atoms with Gasteiger partial charge in [0.2, 0.25) is 0 Å². The Hall–Kier alpha value is -1.02. The van der Waals surface area contributed by atoms with Gasteiger partial charge in [0.1, 0.15) is 0 Å². The summed E-state index contributed by atoms with van der Waals surface area (Å²) >= 11 is 0. The first-order chi connectivity index (χ1) is 13.8. The predicted molar refractivity (Wildman–Crippen MR) is 136 cm³/mol. The van der Waals surface area contributed by atoms with Crippen LogP contribution in [0.25, 0.3) is 0 Å². The van der Waals surface area contributed by atoms with Gasteiger partial charge in [-0.3, -0.25) is 4.99 Å². The van der Waals surface area contributed by atoms with E-state index < -0.39 is 0 Å². The lowest BCUT2D eigenvalue weighted by molar-refractivity contribution is 0.188. The first-order valence-corrected chi connectivity index (χ1v) is 11.4. The summed E-state index contributed by atoms with van der Waals surface area (Å²) in [6.07, 6.45) is 6.22. The lowest BCUT2D eigenvalue weighted by Crippen LogP contribution is -2.48. The zero-order valence-electron chi connectivity index (χ0n) is 18.3. The summed E-state index contributed by atoms with van der Waals surface area (Å²) in [5.74, 6) is 1.86. The van der Waals surface area contributed by atoms with Crippen LogP contribution in [0.1, 0.15) is 46.0 Å². The van der Waals surface area contributed by atoms with Crippen molar-refractivity contribution in [3.63, 3.8) is 0 Å². The lowest BCUT2D eigenvalue weighted by Gasteiger charge is -2.34. The highest BCUT2D eigenvalue weighted by molar-refractivity contribution is 14.0. The van der Waals surface area contributed by atoms with Crippen molar-refractivity contribution in [1.82, 2.24) is 15.5 Å². The predicted octanol–water partition coefficient (Wildman–Crippen LogP) is 3.95. The number of hydrogen-bond donors (Lipinski definition) is 2. The molecule has 0 unspecified atom stereocenters. The van der Waals surface area contributed by atoms with E-state index in [0.717, 1.165) is 50.9 Å². The van der Waals surface area contributed by atoms with Crippen LogP contribution in [-0.2, 0) is 0 Å². The normalized spacial score (nSPS) is 19.7. The van der Waals surface area contributed by atoms with Crippen LogP contribution < -0.4 is 15.5 Å². The van der Waals surface area contributed by atoms with E-state index in [4.69, 9.17) is 4.99 Å². The molecule has 0 amide bonds. The van der Waals surface area contributed by atoms with Crippen molar-refractivity contribution in [3.05, 3.63) is 30.3 Å². The molecule has 2 N–H and O–H groups in total. The molecule has 2 fully saturated rings. The molecular formula is C23H40IN5. The van der Waals surface area contributed by atoms with Crippen molar-refractivity contribution in [2.75, 3.05) is 50.7 Å². The van der Waals surface area contributed by atoms with Crippen LogP contribution in [0.5, 0.6) is 0 Å². The second-order valence-electron chi connectivity index (χ2n) is 8.17. The van der Waals surface area contributed by atoms with E-state index in [2.05, 4.69) is 64.6 Å². The number of halogens is 1. The minimum absolute atomic E-state index is 0. The molecule has 0 saturated carbocycles. The van der Waals surface area contributed by atoms with Gasteiger partial charge in [0.25, 0.3) is 0 Å². The molecule has 0 bridgehead atoms. The summed E-state index contributed by atoms with van der Waals surface area (Å²) in [5, 5.41) is 7.13. The zero-order valence-corrected chi connectivity index (χ0v) is 20.6. The molecule has 1 aromatic rings. The minimum atomic E-state index is 0. The number of rotatable bonds is 7. The Bertz CT molecular complexity index is 578. The van der Waals surface area contributed by atoms with E-state index in [-0.39, 0.29) is 24.0 Å². The number of anilines is 1. The molecule has 164 valence electrons. The highest BCUT2D eigenvalue weighted by atomic mass is 127. The highest BCUT2D eigenvalue weighted by Crippen LogP contribution is 2.21. The first kappa shape index (κ1) is 24.3. The Labute approximate surface area is 194 Å². The van der Waals surface area contributed by atoms with E-state index in [9.17, 15) is 0 Å². The third kappa shape index (κ3) is 7.96. The number of para-hydroxylation sites is 1. The summed E-state index contributed by atoms with van der Waals surface area (Å²) in [6.45, 7) is 12.2. The van der Waals surface area contributed by atoms with Crippen LogP contribution in [0.4, 0.5) is 5.69 Å². The molecule has 2 heterocycles. The molecule has 3 rings (SSSR count). The number of guanidine groups is 1. The van der Waals surface area contributed by atoms with Crippen LogP contribution in [-0.4, -0.2) is 62.7 Å². The second kappa shape index (κ2) is 13.3. The van der Waals surface area contributed by atoms with Gasteiger partial charge in [-0.2, -0.15) is 0 Å². The second-order valence-corrected chi connectivity index (χ2v) is 8.17. The highest BCUT2D eigenvalue weighted by Gasteiger charge is 2.20. The van der Waals surface area contributed by atoms with Gasteiger partial charge >= 0.3 is 0 Å². The molecule has 0 atom stereocenters. The summed E-state index contributed by atoms with van der Waals surface area (Å²) in [4.78, 5) is 9.94. The average Bonchev–Trinajstić information content (AvgIpc) is 2.75. The maximum atomic E-state index is 4.89. The summed E-state index contributed by atoms with van der Waals surface area (Å²) < 4.78 is 0. The van der Waals surface area contributed by atoms with E-state index in [1.54, 1.807) is 0 Å². The molecule has 6 heteroatoms. The molecule has 0 spiro atoms. The lowest BCUT2D eigenvalue weighted by atomic mass is 9.94. The Balaban J connectivity index is 0.00000300. The molecule has 0 aromatic heterocycles. The fourth-order valence-electron chi connectivity index (χ4n) is 4.38. The molecule has 29 heavy (non-hydrogen) atoms. The van der Waals surface area contributed by atoms with E-state index in [1.807, 2.05) is 0 Å². The number of likely N-dealkylation sites (tertiary alicyclic amines) is 1. The van der Waals surface area contributed by atoms with Crippen molar-refractivity contribution >= 4 is 35.6 Å². The summed E-state index contributed by atoms with van der Waals surface area (Å²) in [5.41, 5.74) is 1.34. The van der Waals surface area contributed by atoms with Crippen molar-refractivity contribution in [3.8, 4) is 0 Å². The molecule has 0 aliphatic carbocycles. The van der Waals surface area contributed by atoms with Gasteiger partial charge < -0.3 is 20.4 Å². The average molecular weight is 514 g/mol. The quantitative estimate of drug-likeness (QED) is 0.329. The fraction of sp³-hybridized carbons (Fsp3) is 0.696. The molecule has 5 nitrogen and oxygen atoms in total. The van der Waals surface area contributed by atoms with Crippen molar-refractivity contribution in [2.45, 2.75) is 52.0 Å². The zero-order chi connectivity index (χ0) is 19.6. The smallest absolute Gasteiger partial charge is 0.191 e. The minimum Gasteiger partial charge on any atom is -0.371 e. The van der Waals surface area contributed by atoms with Gasteiger partial charge in [0.15, 0.2) is 5.96 Å². The number of nitrogens with one attached hydrogen (secondary N) is 2. The van der Waals surface area contributed by atoms with Crippen LogP contribution >= 0.6 is 24.0 Å². The summed E-state index contributed by atoms with van der Waals surface area (Å²) in [6, 6.07) is 11.3. The maximum absolute atomic E-state index is 4.89. The molecule has 2 saturated heterocycles. The Morgan fingerprint density at radius 2 is 1.69 bits per heavy atom. The molecule has 1 aromatic carbocycles. The van der Waals surface area contributed by atoms with Gasteiger partial charge in [0.05, 0.1) is 0 Å². The van der Waals surface area contributed by atoms with Crippen LogP contribution in [0, 0.1) is 5.92 Å². The van der Waals surface area contributed by atoms with Crippen molar-refractivity contribution < 1.29 is 0 Å². The van der Waals surface area contributed by atoms with Crippen molar-refractivity contribution in [1.29, 1.82) is 0 Å². The molecular weight excluding hydrogens is 473 g/mol. The number of nitrogens with zero attached hydrogens (tertiary/aromatic N) is 3. The monoisotopic (exact) mass is 513 g/mol. The van der Waals surface area contributed by atoms with Crippen LogP contribution in [0.3, 0.4) is 0 Å². The molecule has 2 aliphatic heterocycles. The van der Waals surface area contributed by atoms with Crippen LogP contribution in [0.15, 0.2) is 35.3 Å². The largest absolute Gasteiger partial charge is 0.371 e. The number of piperidine rings is 2. The third-order valence-corrected chi connectivity index (χ3v) is 6.26. The standard InChI is InChI=1S/C23H39N5.HI/c1-3-24-23(25-15-10-20-11-16-27(4-2)17-12-20)26-21-13-18-28(19-14-21)22-8-6-5-7-9-22;/h5-9,20-21H,3-4,10-19H2,1-2H3,(H2,24,25,26);1H. The molecule has 0 radical (unpaired) electrons. The van der Waals surface area contributed by atoms with E-state index >= 15 is 0 Å². The van der Waals surface area contributed by atoms with Crippen molar-refractivity contribution in [2.24, 2.45) is 10.9 Å². The number of hydrogen-bond acceptors (Lipinski definition) is 3. The Morgan fingerprint density at radius 3 is 2.31 bits per heavy atom. The van der Waals surface area contributed by atoms with Gasteiger partial charge in [0, 0.05) is 37.9 Å². The Morgan fingerprint density at radius 1 is 1.00 bits per heavy atom. The SMILES string of the molecule is CCNC(=NCCC1CCN(CC)CC1)NC1CCN(c2ccccc2)CC1.I. The summed E-state index contributed by atoms with van der Waals surface area (Å²) in [7, 11) is 0. The number of benzene rings is 1. The first-order valence-electron chi connectivity index (χ1n) is 11.4. The topological polar surface area (TPSA) is 42.9 Å². The van der Waals surface area contributed by atoms with Crippen LogP contribution in [0.2, 0.25) is 0 Å².